The number of carbonyl (C=O) groups is 1. The zero-order valence-corrected chi connectivity index (χ0v) is 32.3. The molecule has 0 spiro atoms. The van der Waals surface area contributed by atoms with E-state index in [1.807, 2.05) is 18.2 Å². The van der Waals surface area contributed by atoms with Gasteiger partial charge in [0.2, 0.25) is 0 Å². The number of hydrogen-bond donors (Lipinski definition) is 0. The van der Waals surface area contributed by atoms with E-state index in [0.29, 0.717) is 6.61 Å². The molecule has 0 aromatic heterocycles. The number of fused-ring (bicyclic) bond motifs is 2. The normalized spacial score (nSPS) is 32.6. The summed E-state index contributed by atoms with van der Waals surface area (Å²) in [5, 5.41) is 2.36. The highest BCUT2D eigenvalue weighted by Crippen LogP contribution is 2.65. The lowest BCUT2D eigenvalue weighted by Crippen LogP contribution is -2.68. The van der Waals surface area contributed by atoms with E-state index in [9.17, 15) is 4.79 Å². The van der Waals surface area contributed by atoms with Gasteiger partial charge in [0.25, 0.3) is 8.32 Å². The van der Waals surface area contributed by atoms with Gasteiger partial charge in [0, 0.05) is 18.6 Å². The number of carbonyl (C=O) groups excluding carboxylic acids is 1. The maximum atomic E-state index is 14.9. The number of rotatable bonds is 9. The van der Waals surface area contributed by atoms with Crippen LogP contribution in [0.4, 0.5) is 0 Å². The van der Waals surface area contributed by atoms with Crippen LogP contribution in [0.25, 0.3) is 0 Å². The van der Waals surface area contributed by atoms with Crippen LogP contribution in [0.3, 0.4) is 0 Å². The molecular weight excluding hydrogens is 637 g/mol. The third-order valence-electron chi connectivity index (χ3n) is 12.9. The number of ketones is 1. The number of methoxy groups -OCH3 is 1. The van der Waals surface area contributed by atoms with Crippen LogP contribution in [-0.4, -0.2) is 45.8 Å². The number of hydrogen-bond acceptors (Lipinski definition) is 5. The Balaban J connectivity index is 1.34. The molecule has 4 aliphatic rings. The van der Waals surface area contributed by atoms with Crippen molar-refractivity contribution in [1.29, 1.82) is 0 Å². The molecule has 6 heteroatoms. The molecule has 2 fully saturated rings. The minimum Gasteiger partial charge on any atom is -0.401 e. The van der Waals surface area contributed by atoms with Gasteiger partial charge in [-0.15, -0.1) is 0 Å². The SMILES string of the molecule is CO[C@@H]1O[C@@H]2C3=C1[C@H](O[Si](c1ccccc1)(c1ccccc1)C(C)(C)C)CC[C@]3(C)CC[C@@]1(C)[C@H](C(C)C)[C@H](OCc3ccccc3)C(=O)[C@@H]21. The van der Waals surface area contributed by atoms with Gasteiger partial charge < -0.3 is 18.6 Å². The molecule has 0 radical (unpaired) electrons. The standard InChI is InChI=1S/C44H56O5Si/c1-29(2)35-40(47-28-30-18-12-9-13-19-30)38(45)37-39-36-34(41(46-8)48-39)33(24-25-43(36,6)26-27-44(35,37)7)49-50(42(3,4)5,31-20-14-10-15-21-31)32-22-16-11-17-23-32/h9-23,29,33,35,37,39-41H,24-28H2,1-8H3/t33-,35-,37+,39-,40+,41-,43-,44+/m1/s1. The predicted molar refractivity (Wildman–Crippen MR) is 202 cm³/mol. The molecule has 3 aromatic rings. The summed E-state index contributed by atoms with van der Waals surface area (Å²) in [4.78, 5) is 14.9. The molecule has 3 aromatic carbocycles. The third kappa shape index (κ3) is 5.61. The average molecular weight is 693 g/mol. The second-order valence-electron chi connectivity index (χ2n) is 17.2. The predicted octanol–water partition coefficient (Wildman–Crippen LogP) is 8.26. The Morgan fingerprint density at radius 2 is 1.44 bits per heavy atom. The fourth-order valence-corrected chi connectivity index (χ4v) is 15.4. The van der Waals surface area contributed by atoms with Crippen LogP contribution in [0.2, 0.25) is 5.04 Å². The van der Waals surface area contributed by atoms with Crippen molar-refractivity contribution in [3.05, 3.63) is 108 Å². The van der Waals surface area contributed by atoms with E-state index in [1.54, 1.807) is 7.11 Å². The third-order valence-corrected chi connectivity index (χ3v) is 18.0. The van der Waals surface area contributed by atoms with Crippen LogP contribution in [0.5, 0.6) is 0 Å². The van der Waals surface area contributed by atoms with E-state index in [0.717, 1.165) is 36.8 Å². The fourth-order valence-electron chi connectivity index (χ4n) is 10.7. The number of ether oxygens (including phenoxy) is 3. The maximum absolute atomic E-state index is 14.9. The molecule has 0 saturated heterocycles. The van der Waals surface area contributed by atoms with Crippen LogP contribution in [0.15, 0.2) is 102 Å². The van der Waals surface area contributed by atoms with Crippen molar-refractivity contribution in [2.45, 2.75) is 110 Å². The van der Waals surface area contributed by atoms with Crippen molar-refractivity contribution in [2.24, 2.45) is 28.6 Å². The summed E-state index contributed by atoms with van der Waals surface area (Å²) in [6.45, 7) is 16.7. The molecular formula is C44H56O5Si. The Labute approximate surface area is 300 Å². The fraction of sp³-hybridized carbons (Fsp3) is 0.523. The second kappa shape index (κ2) is 13.3. The first-order valence-electron chi connectivity index (χ1n) is 18.8. The molecule has 0 N–H and O–H groups in total. The van der Waals surface area contributed by atoms with Gasteiger partial charge in [-0.1, -0.05) is 139 Å². The number of benzene rings is 3. The lowest BCUT2D eigenvalue weighted by Gasteiger charge is -2.48. The van der Waals surface area contributed by atoms with E-state index in [-0.39, 0.29) is 51.6 Å². The van der Waals surface area contributed by atoms with Crippen molar-refractivity contribution in [1.82, 2.24) is 0 Å². The molecule has 0 amide bonds. The first kappa shape index (κ1) is 35.5. The highest BCUT2D eigenvalue weighted by molar-refractivity contribution is 6.99. The minimum atomic E-state index is -2.88. The summed E-state index contributed by atoms with van der Waals surface area (Å²) < 4.78 is 27.8. The van der Waals surface area contributed by atoms with Crippen molar-refractivity contribution >= 4 is 24.5 Å². The van der Waals surface area contributed by atoms with Crippen molar-refractivity contribution in [3.63, 3.8) is 0 Å². The first-order chi connectivity index (χ1) is 23.9. The average Bonchev–Trinajstić information content (AvgIpc) is 3.56. The van der Waals surface area contributed by atoms with Gasteiger partial charge in [-0.3, -0.25) is 4.79 Å². The summed E-state index contributed by atoms with van der Waals surface area (Å²) in [6.07, 6.45) is 2.25. The zero-order chi connectivity index (χ0) is 35.5. The van der Waals surface area contributed by atoms with Gasteiger partial charge in [-0.2, -0.15) is 0 Å². The van der Waals surface area contributed by atoms with Gasteiger partial charge >= 0.3 is 0 Å². The lowest BCUT2D eigenvalue weighted by molar-refractivity contribution is -0.148. The van der Waals surface area contributed by atoms with E-state index < -0.39 is 20.7 Å². The second-order valence-corrected chi connectivity index (χ2v) is 21.5. The van der Waals surface area contributed by atoms with Gasteiger partial charge in [0.15, 0.2) is 12.1 Å². The molecule has 0 bridgehead atoms. The van der Waals surface area contributed by atoms with Crippen molar-refractivity contribution in [3.8, 4) is 0 Å². The monoisotopic (exact) mass is 692 g/mol. The maximum Gasteiger partial charge on any atom is 0.261 e. The van der Waals surface area contributed by atoms with E-state index >= 15 is 0 Å². The summed E-state index contributed by atoms with van der Waals surface area (Å²) >= 11 is 0. The molecule has 5 nitrogen and oxygen atoms in total. The van der Waals surface area contributed by atoms with Gasteiger partial charge in [-0.25, -0.2) is 0 Å². The summed E-state index contributed by atoms with van der Waals surface area (Å²) in [5.74, 6) is 0.247. The largest absolute Gasteiger partial charge is 0.401 e. The summed E-state index contributed by atoms with van der Waals surface area (Å²) in [6, 6.07) is 32.0. The van der Waals surface area contributed by atoms with Crippen LogP contribution < -0.4 is 10.4 Å². The van der Waals surface area contributed by atoms with Crippen molar-refractivity contribution < 1.29 is 23.4 Å². The van der Waals surface area contributed by atoms with E-state index in [4.69, 9.17) is 18.6 Å². The molecule has 0 unspecified atom stereocenters. The number of Topliss-reactive ketones (excluding diaryl/α,β-unsaturated/α-hetero) is 1. The topological polar surface area (TPSA) is 54.0 Å². The Bertz CT molecular complexity index is 1660. The van der Waals surface area contributed by atoms with Crippen LogP contribution in [0.1, 0.15) is 79.7 Å². The smallest absolute Gasteiger partial charge is 0.261 e. The van der Waals surface area contributed by atoms with E-state index in [1.165, 1.54) is 15.9 Å². The van der Waals surface area contributed by atoms with Gasteiger partial charge in [0.1, 0.15) is 6.10 Å². The quantitative estimate of drug-likeness (QED) is 0.167. The highest BCUT2D eigenvalue weighted by Gasteiger charge is 2.67. The molecule has 3 aliphatic carbocycles. The molecule has 1 heterocycles. The lowest BCUT2D eigenvalue weighted by atomic mass is 9.65. The Morgan fingerprint density at radius 1 is 0.860 bits per heavy atom. The Morgan fingerprint density at radius 3 is 1.98 bits per heavy atom. The minimum absolute atomic E-state index is 0.0888. The van der Waals surface area contributed by atoms with Crippen LogP contribution in [-0.2, 0) is 30.0 Å². The molecule has 8 atom stereocenters. The van der Waals surface area contributed by atoms with Gasteiger partial charge in [-0.05, 0) is 69.0 Å². The highest BCUT2D eigenvalue weighted by atomic mass is 28.4. The summed E-state index contributed by atoms with van der Waals surface area (Å²) in [5.41, 5.74) is 3.11. The zero-order valence-electron chi connectivity index (χ0n) is 31.3. The molecule has 7 rings (SSSR count). The van der Waals surface area contributed by atoms with Crippen molar-refractivity contribution in [2.75, 3.05) is 7.11 Å². The molecule has 1 aliphatic heterocycles. The first-order valence-corrected chi connectivity index (χ1v) is 20.7. The Kier molecular flexibility index (Phi) is 9.43. The molecule has 2 saturated carbocycles. The van der Waals surface area contributed by atoms with Gasteiger partial charge in [0.05, 0.1) is 24.7 Å². The summed E-state index contributed by atoms with van der Waals surface area (Å²) in [7, 11) is -1.14. The molecule has 266 valence electrons. The van der Waals surface area contributed by atoms with E-state index in [2.05, 4.69) is 121 Å². The van der Waals surface area contributed by atoms with Crippen LogP contribution in [0, 0.1) is 28.6 Å². The Hall–Kier alpha value is -2.87. The molecule has 50 heavy (non-hydrogen) atoms. The van der Waals surface area contributed by atoms with Crippen LogP contribution >= 0.6 is 0 Å².